The molecule has 1 saturated heterocycles. The maximum atomic E-state index is 13.8. The van der Waals surface area contributed by atoms with Gasteiger partial charge in [0.25, 0.3) is 0 Å². The van der Waals surface area contributed by atoms with E-state index in [0.717, 1.165) is 0 Å². The highest BCUT2D eigenvalue weighted by molar-refractivity contribution is 7.82. The Labute approximate surface area is 112 Å². The van der Waals surface area contributed by atoms with Crippen LogP contribution < -0.4 is 0 Å². The van der Waals surface area contributed by atoms with Gasteiger partial charge in [-0.3, -0.25) is 0 Å². The summed E-state index contributed by atoms with van der Waals surface area (Å²) in [7, 11) is -8.49. The van der Waals surface area contributed by atoms with E-state index in [2.05, 4.69) is 4.18 Å². The first-order valence-corrected chi connectivity index (χ1v) is 9.45. The zero-order valence-electron chi connectivity index (χ0n) is 11.5. The third-order valence-electron chi connectivity index (χ3n) is 3.93. The highest BCUT2D eigenvalue weighted by Crippen LogP contribution is 2.54. The van der Waals surface area contributed by atoms with E-state index in [4.69, 9.17) is 4.18 Å². The third-order valence-corrected chi connectivity index (χ3v) is 11.6. The van der Waals surface area contributed by atoms with Crippen molar-refractivity contribution in [3.05, 3.63) is 0 Å². The first-order chi connectivity index (χ1) is 8.30. The second kappa shape index (κ2) is 4.71. The molecule has 0 aromatic heterocycles. The van der Waals surface area contributed by atoms with Crippen molar-refractivity contribution in [2.75, 3.05) is 6.61 Å². The Morgan fingerprint density at radius 2 is 1.58 bits per heavy atom. The largest absolute Gasteiger partial charge is 0.400 e. The van der Waals surface area contributed by atoms with Crippen molar-refractivity contribution in [2.24, 2.45) is 0 Å². The molecule has 0 spiro atoms. The number of halogens is 3. The van der Waals surface area contributed by atoms with Crippen LogP contribution >= 0.6 is 0 Å². The summed E-state index contributed by atoms with van der Waals surface area (Å²) in [5, 5.41) is -1.83. The number of hydrogen-bond acceptors (Lipinski definition) is 4. The molecule has 0 N–H and O–H groups in total. The molecule has 1 heterocycles. The van der Waals surface area contributed by atoms with Crippen molar-refractivity contribution in [1.82, 2.24) is 0 Å². The van der Waals surface area contributed by atoms with E-state index in [-0.39, 0.29) is 0 Å². The van der Waals surface area contributed by atoms with Crippen molar-refractivity contribution < 1.29 is 30.0 Å². The molecule has 0 radical (unpaired) electrons. The van der Waals surface area contributed by atoms with Gasteiger partial charge in [-0.15, -0.1) is 0 Å². The average Bonchev–Trinajstić information content (AvgIpc) is 2.37. The Kier molecular flexibility index (Phi) is 4.20. The zero-order valence-corrected chi connectivity index (χ0v) is 13.4. The van der Waals surface area contributed by atoms with E-state index in [1.807, 2.05) is 0 Å². The molecule has 0 aliphatic carbocycles. The van der Waals surface area contributed by atoms with Crippen molar-refractivity contribution in [3.8, 4) is 0 Å². The molecule has 1 aliphatic heterocycles. The van der Waals surface area contributed by atoms with E-state index in [9.17, 15) is 21.6 Å². The fourth-order valence-electron chi connectivity index (χ4n) is 3.49. The Hall–Kier alpha value is -0.123. The summed E-state index contributed by atoms with van der Waals surface area (Å²) in [5.41, 5.74) is -1.45. The van der Waals surface area contributed by atoms with E-state index in [1.165, 1.54) is 34.6 Å². The number of rotatable bonds is 3. The van der Waals surface area contributed by atoms with Gasteiger partial charge in [0.05, 0.1) is 6.61 Å². The Morgan fingerprint density at radius 3 is 1.79 bits per heavy atom. The van der Waals surface area contributed by atoms with Gasteiger partial charge < -0.3 is 0 Å². The van der Waals surface area contributed by atoms with Crippen LogP contribution in [0.5, 0.6) is 0 Å². The van der Waals surface area contributed by atoms with Crippen LogP contribution in [-0.2, 0) is 18.8 Å². The first-order valence-electron chi connectivity index (χ1n) is 5.97. The van der Waals surface area contributed by atoms with Gasteiger partial charge in [0.2, 0.25) is 8.07 Å². The highest BCUT2D eigenvalue weighted by Gasteiger charge is 2.74. The van der Waals surface area contributed by atoms with Crippen LogP contribution in [0.2, 0.25) is 11.1 Å². The number of alkyl halides is 3. The van der Waals surface area contributed by atoms with Crippen LogP contribution in [0.15, 0.2) is 0 Å². The van der Waals surface area contributed by atoms with Crippen LogP contribution in [-0.4, -0.2) is 34.1 Å². The van der Waals surface area contributed by atoms with Crippen LogP contribution in [0, 0.1) is 0 Å². The molecular weight excluding hydrogens is 301 g/mol. The molecule has 114 valence electrons. The molecule has 0 amide bonds. The van der Waals surface area contributed by atoms with Crippen molar-refractivity contribution >= 4 is 18.5 Å². The summed E-state index contributed by atoms with van der Waals surface area (Å²) in [6, 6.07) is 0. The minimum Gasteiger partial charge on any atom is -0.245 e. The fourth-order valence-corrected chi connectivity index (χ4v) is 11.4. The molecule has 1 atom stereocenters. The molecule has 1 unspecified atom stereocenters. The van der Waals surface area contributed by atoms with Crippen LogP contribution in [0.1, 0.15) is 34.6 Å². The Bertz CT molecular complexity index is 438. The lowest BCUT2D eigenvalue weighted by atomic mass is 10.4. The van der Waals surface area contributed by atoms with E-state index in [0.29, 0.717) is 0 Å². The summed E-state index contributed by atoms with van der Waals surface area (Å²) in [6.45, 7) is 6.52. The van der Waals surface area contributed by atoms with Crippen LogP contribution in [0.3, 0.4) is 0 Å². The lowest BCUT2D eigenvalue weighted by molar-refractivity contribution is -0.0705. The van der Waals surface area contributed by atoms with E-state index in [1.54, 1.807) is 0 Å². The Morgan fingerprint density at radius 1 is 1.16 bits per heavy atom. The molecule has 19 heavy (non-hydrogen) atoms. The number of hydrogen-bond donors (Lipinski definition) is 0. The zero-order chi connectivity index (χ0) is 15.3. The van der Waals surface area contributed by atoms with E-state index < -0.39 is 47.2 Å². The first kappa shape index (κ1) is 16.9. The predicted molar refractivity (Wildman–Crippen MR) is 66.4 cm³/mol. The van der Waals surface area contributed by atoms with Crippen molar-refractivity contribution in [1.29, 1.82) is 0 Å². The van der Waals surface area contributed by atoms with Gasteiger partial charge >= 0.3 is 16.2 Å². The average molecular weight is 320 g/mol. The van der Waals surface area contributed by atoms with Gasteiger partial charge in [-0.2, -0.15) is 21.6 Å². The Balaban J connectivity index is 3.49. The summed E-state index contributed by atoms with van der Waals surface area (Å²) >= 11 is 0. The van der Waals surface area contributed by atoms with Gasteiger partial charge in [-0.25, -0.2) is 8.37 Å². The maximum absolute atomic E-state index is 13.8. The summed E-state index contributed by atoms with van der Waals surface area (Å²) in [6.07, 6.45) is 0. The molecule has 0 aromatic rings. The third kappa shape index (κ3) is 2.45. The second-order valence-corrected chi connectivity index (χ2v) is 12.6. The maximum Gasteiger partial charge on any atom is 0.400 e. The monoisotopic (exact) mass is 320 g/mol. The molecule has 4 nitrogen and oxygen atoms in total. The fraction of sp³-hybridized carbons (Fsp3) is 1.00. The molecule has 0 saturated carbocycles. The minimum atomic E-state index is -4.48. The highest BCUT2D eigenvalue weighted by atomic mass is 32.3. The van der Waals surface area contributed by atoms with Gasteiger partial charge in [0.1, 0.15) is 5.22 Å². The van der Waals surface area contributed by atoms with Crippen LogP contribution in [0.25, 0.3) is 0 Å². The molecule has 1 fully saturated rings. The minimum absolute atomic E-state index is 0.572. The molecule has 0 bridgehead atoms. The molecule has 9 heteroatoms. The lowest BCUT2D eigenvalue weighted by Gasteiger charge is -2.48. The standard InChI is InChI=1S/C10H19F3O4SSi/c1-7(2)19(8(3)4,10(11,12)13)9(5)6-16-18(14,15)17-9/h7-8H,6H2,1-5H3. The summed E-state index contributed by atoms with van der Waals surface area (Å²) in [4.78, 5) is 0. The molecular formula is C10H19F3O4SSi. The topological polar surface area (TPSA) is 52.6 Å². The smallest absolute Gasteiger partial charge is 0.245 e. The molecule has 0 aromatic carbocycles. The van der Waals surface area contributed by atoms with Crippen molar-refractivity contribution in [2.45, 2.75) is 56.7 Å². The normalized spacial score (nSPS) is 28.3. The lowest BCUT2D eigenvalue weighted by Crippen LogP contribution is -2.71. The van der Waals surface area contributed by atoms with Crippen LogP contribution in [0.4, 0.5) is 13.2 Å². The predicted octanol–water partition coefficient (Wildman–Crippen LogP) is 2.95. The quantitative estimate of drug-likeness (QED) is 0.750. The molecule has 1 aliphatic rings. The van der Waals surface area contributed by atoms with Gasteiger partial charge in [0, 0.05) is 0 Å². The summed E-state index contributed by atoms with van der Waals surface area (Å²) < 4.78 is 73.0. The van der Waals surface area contributed by atoms with Gasteiger partial charge in [0.15, 0.2) is 0 Å². The molecule has 1 rings (SSSR count). The van der Waals surface area contributed by atoms with Crippen molar-refractivity contribution in [3.63, 3.8) is 0 Å². The van der Waals surface area contributed by atoms with Gasteiger partial charge in [-0.05, 0) is 18.0 Å². The summed E-state index contributed by atoms with van der Waals surface area (Å²) in [5.74, 6) is -4.48. The SMILES string of the molecule is CC(C)[Si](C(C)C)(C(F)(F)F)C1(C)COS(=O)(=O)O1. The second-order valence-electron chi connectivity index (χ2n) is 5.66. The van der Waals surface area contributed by atoms with E-state index >= 15 is 0 Å². The van der Waals surface area contributed by atoms with Gasteiger partial charge in [-0.1, -0.05) is 27.7 Å².